The van der Waals surface area contributed by atoms with Gasteiger partial charge in [-0.3, -0.25) is 0 Å². The predicted octanol–water partition coefficient (Wildman–Crippen LogP) is 2.25. The first-order chi connectivity index (χ1) is 9.60. The molecule has 6 heteroatoms. The Hall–Kier alpha value is -1.56. The maximum absolute atomic E-state index is 11.6. The van der Waals surface area contributed by atoms with Gasteiger partial charge in [0.1, 0.15) is 5.76 Å². The number of likely N-dealkylation sites (tertiary alicyclic amines) is 1. The summed E-state index contributed by atoms with van der Waals surface area (Å²) in [7, 11) is 0. The molecule has 2 rings (SSSR count). The van der Waals surface area contributed by atoms with E-state index >= 15 is 0 Å². The molecule has 0 spiro atoms. The van der Waals surface area contributed by atoms with Gasteiger partial charge in [0.25, 0.3) is 0 Å². The molecule has 6 nitrogen and oxygen atoms in total. The number of oxazole rings is 1. The van der Waals surface area contributed by atoms with Crippen LogP contribution in [-0.4, -0.2) is 41.7 Å². The number of hydrogen-bond donors (Lipinski definition) is 1. The van der Waals surface area contributed by atoms with Gasteiger partial charge in [-0.05, 0) is 33.6 Å². The van der Waals surface area contributed by atoms with Crippen LogP contribution >= 0.6 is 0 Å². The van der Waals surface area contributed by atoms with Gasteiger partial charge >= 0.3 is 6.09 Å². The lowest BCUT2D eigenvalue weighted by Gasteiger charge is -2.32. The van der Waals surface area contributed by atoms with Gasteiger partial charge in [0.05, 0.1) is 18.8 Å². The molecule has 0 aromatic carbocycles. The zero-order valence-corrected chi connectivity index (χ0v) is 12.4. The molecule has 1 aromatic heterocycles. The maximum Gasteiger partial charge on any atom is 0.409 e. The van der Waals surface area contributed by atoms with E-state index in [9.17, 15) is 4.79 Å². The fraction of sp³-hybridized carbons (Fsp3) is 0.714. The molecule has 1 aromatic rings. The third kappa shape index (κ3) is 3.72. The van der Waals surface area contributed by atoms with Crippen LogP contribution in [0.3, 0.4) is 0 Å². The minimum absolute atomic E-state index is 0.0860. The second kappa shape index (κ2) is 6.74. The minimum Gasteiger partial charge on any atom is -0.450 e. The molecule has 1 unspecified atom stereocenters. The van der Waals surface area contributed by atoms with Crippen LogP contribution < -0.4 is 5.32 Å². The van der Waals surface area contributed by atoms with Gasteiger partial charge in [0.15, 0.2) is 0 Å². The van der Waals surface area contributed by atoms with Crippen LogP contribution in [-0.2, 0) is 4.74 Å². The van der Waals surface area contributed by atoms with E-state index in [1.54, 1.807) is 11.1 Å². The van der Waals surface area contributed by atoms with Crippen molar-refractivity contribution in [1.29, 1.82) is 0 Å². The number of hydrogen-bond acceptors (Lipinski definition) is 5. The normalized spacial score (nSPS) is 18.1. The van der Waals surface area contributed by atoms with E-state index in [4.69, 9.17) is 9.15 Å². The first kappa shape index (κ1) is 14.8. The zero-order valence-electron chi connectivity index (χ0n) is 12.4. The van der Waals surface area contributed by atoms with Crippen LogP contribution in [0.1, 0.15) is 44.4 Å². The molecule has 112 valence electrons. The standard InChI is InChI=1S/C14H23N3O3/c1-4-19-14(18)17-7-5-12(6-8-17)16-11(3)13-15-9-10(2)20-13/h9,11-12,16H,4-8H2,1-3H3. The number of carbonyl (C=O) groups is 1. The summed E-state index contributed by atoms with van der Waals surface area (Å²) in [5.41, 5.74) is 0. The average molecular weight is 281 g/mol. The van der Waals surface area contributed by atoms with Gasteiger partial charge < -0.3 is 19.4 Å². The Labute approximate surface area is 119 Å². The van der Waals surface area contributed by atoms with Gasteiger partial charge in [0.2, 0.25) is 5.89 Å². The molecule has 1 aliphatic heterocycles. The molecule has 1 amide bonds. The Kier molecular flexibility index (Phi) is 5.00. The molecule has 1 atom stereocenters. The number of piperidine rings is 1. The highest BCUT2D eigenvalue weighted by Crippen LogP contribution is 2.17. The summed E-state index contributed by atoms with van der Waals surface area (Å²) in [4.78, 5) is 17.6. The van der Waals surface area contributed by atoms with Crippen molar-refractivity contribution in [1.82, 2.24) is 15.2 Å². The van der Waals surface area contributed by atoms with Crippen LogP contribution in [0, 0.1) is 6.92 Å². The minimum atomic E-state index is -0.206. The van der Waals surface area contributed by atoms with Crippen LogP contribution in [0.2, 0.25) is 0 Å². The van der Waals surface area contributed by atoms with E-state index in [-0.39, 0.29) is 12.1 Å². The van der Waals surface area contributed by atoms with Crippen molar-refractivity contribution >= 4 is 6.09 Å². The third-order valence-electron chi connectivity index (χ3n) is 3.52. The van der Waals surface area contributed by atoms with E-state index in [1.807, 2.05) is 20.8 Å². The molecule has 2 heterocycles. The molecule has 20 heavy (non-hydrogen) atoms. The topological polar surface area (TPSA) is 67.6 Å². The summed E-state index contributed by atoms with van der Waals surface area (Å²) in [5.74, 6) is 1.54. The lowest BCUT2D eigenvalue weighted by atomic mass is 10.0. The quantitative estimate of drug-likeness (QED) is 0.917. The summed E-state index contributed by atoms with van der Waals surface area (Å²) in [6, 6.07) is 0.464. The number of rotatable bonds is 4. The molecule has 0 bridgehead atoms. The second-order valence-corrected chi connectivity index (χ2v) is 5.16. The number of carbonyl (C=O) groups excluding carboxylic acids is 1. The average Bonchev–Trinajstić information content (AvgIpc) is 2.86. The Bertz CT molecular complexity index is 439. The highest BCUT2D eigenvalue weighted by atomic mass is 16.6. The molecule has 0 radical (unpaired) electrons. The Morgan fingerprint density at radius 2 is 2.30 bits per heavy atom. The van der Waals surface area contributed by atoms with Crippen LogP contribution in [0.25, 0.3) is 0 Å². The number of amides is 1. The molecular formula is C14H23N3O3. The molecule has 1 aliphatic rings. The first-order valence-corrected chi connectivity index (χ1v) is 7.20. The summed E-state index contributed by atoms with van der Waals surface area (Å²) in [6.45, 7) is 7.65. The Morgan fingerprint density at radius 3 is 2.85 bits per heavy atom. The lowest BCUT2D eigenvalue weighted by Crippen LogP contribution is -2.45. The summed E-state index contributed by atoms with van der Waals surface area (Å²) >= 11 is 0. The molecule has 1 fully saturated rings. The summed E-state index contributed by atoms with van der Waals surface area (Å²) < 4.78 is 10.5. The van der Waals surface area contributed by atoms with Crippen molar-refractivity contribution in [3.05, 3.63) is 17.8 Å². The van der Waals surface area contributed by atoms with Gasteiger partial charge in [-0.25, -0.2) is 9.78 Å². The smallest absolute Gasteiger partial charge is 0.409 e. The van der Waals surface area contributed by atoms with E-state index in [2.05, 4.69) is 10.3 Å². The fourth-order valence-corrected chi connectivity index (χ4v) is 2.44. The van der Waals surface area contributed by atoms with Gasteiger partial charge in [-0.2, -0.15) is 0 Å². The molecule has 1 N–H and O–H groups in total. The molecule has 0 aliphatic carbocycles. The first-order valence-electron chi connectivity index (χ1n) is 7.20. The summed E-state index contributed by atoms with van der Waals surface area (Å²) in [5, 5.41) is 3.50. The number of aromatic nitrogens is 1. The SMILES string of the molecule is CCOC(=O)N1CCC(NC(C)c2ncc(C)o2)CC1. The number of aryl methyl sites for hydroxylation is 1. The van der Waals surface area contributed by atoms with Crippen molar-refractivity contribution in [2.24, 2.45) is 0 Å². The van der Waals surface area contributed by atoms with Crippen molar-refractivity contribution in [3.8, 4) is 0 Å². The van der Waals surface area contributed by atoms with Crippen molar-refractivity contribution in [3.63, 3.8) is 0 Å². The Balaban J connectivity index is 1.78. The van der Waals surface area contributed by atoms with Crippen LogP contribution in [0.15, 0.2) is 10.6 Å². The molecule has 0 saturated carbocycles. The van der Waals surface area contributed by atoms with E-state index < -0.39 is 0 Å². The Morgan fingerprint density at radius 1 is 1.60 bits per heavy atom. The molecular weight excluding hydrogens is 258 g/mol. The van der Waals surface area contributed by atoms with Gasteiger partial charge in [0, 0.05) is 19.1 Å². The maximum atomic E-state index is 11.6. The highest BCUT2D eigenvalue weighted by Gasteiger charge is 2.25. The number of nitrogens with zero attached hydrogens (tertiary/aromatic N) is 2. The second-order valence-electron chi connectivity index (χ2n) is 5.16. The predicted molar refractivity (Wildman–Crippen MR) is 74.4 cm³/mol. The van der Waals surface area contributed by atoms with E-state index in [0.717, 1.165) is 37.6 Å². The number of ether oxygens (including phenoxy) is 1. The van der Waals surface area contributed by atoms with Gasteiger partial charge in [-0.1, -0.05) is 0 Å². The third-order valence-corrected chi connectivity index (χ3v) is 3.52. The lowest BCUT2D eigenvalue weighted by molar-refractivity contribution is 0.0940. The van der Waals surface area contributed by atoms with Crippen molar-refractivity contribution in [2.45, 2.75) is 45.7 Å². The highest BCUT2D eigenvalue weighted by molar-refractivity contribution is 5.67. The zero-order chi connectivity index (χ0) is 14.5. The van der Waals surface area contributed by atoms with Crippen molar-refractivity contribution < 1.29 is 13.9 Å². The molecule has 1 saturated heterocycles. The largest absolute Gasteiger partial charge is 0.450 e. The monoisotopic (exact) mass is 281 g/mol. The van der Waals surface area contributed by atoms with Crippen molar-refractivity contribution in [2.75, 3.05) is 19.7 Å². The summed E-state index contributed by atoms with van der Waals surface area (Å²) in [6.07, 6.45) is 3.37. The number of nitrogens with one attached hydrogen (secondary N) is 1. The van der Waals surface area contributed by atoms with Crippen LogP contribution in [0.4, 0.5) is 4.79 Å². The van der Waals surface area contributed by atoms with Gasteiger partial charge in [-0.15, -0.1) is 0 Å². The van der Waals surface area contributed by atoms with Crippen LogP contribution in [0.5, 0.6) is 0 Å². The fourth-order valence-electron chi connectivity index (χ4n) is 2.44. The van der Waals surface area contributed by atoms with E-state index in [1.165, 1.54) is 0 Å². The van der Waals surface area contributed by atoms with E-state index in [0.29, 0.717) is 12.6 Å².